The number of halogens is 1. The molecule has 186 valence electrons. The molecule has 0 saturated heterocycles. The van der Waals surface area contributed by atoms with E-state index in [1.165, 1.54) is 31.5 Å². The number of aromatic nitrogens is 4. The molecule has 1 amide bonds. The lowest BCUT2D eigenvalue weighted by Crippen LogP contribution is -2.15. The molecule has 5 aromatic rings. The molecule has 2 heterocycles. The van der Waals surface area contributed by atoms with Crippen LogP contribution in [0.15, 0.2) is 73.1 Å². The van der Waals surface area contributed by atoms with Gasteiger partial charge in [-0.3, -0.25) is 9.48 Å². The predicted molar refractivity (Wildman–Crippen MR) is 141 cm³/mol. The first kappa shape index (κ1) is 24.1. The Morgan fingerprint density at radius 2 is 1.89 bits per heavy atom. The summed E-state index contributed by atoms with van der Waals surface area (Å²) in [5.41, 5.74) is 4.64. The summed E-state index contributed by atoms with van der Waals surface area (Å²) in [5.74, 6) is -0.648. The molecule has 37 heavy (non-hydrogen) atoms. The Labute approximate surface area is 213 Å². The summed E-state index contributed by atoms with van der Waals surface area (Å²) >= 11 is 0. The van der Waals surface area contributed by atoms with Gasteiger partial charge in [-0.1, -0.05) is 30.3 Å². The lowest BCUT2D eigenvalue weighted by atomic mass is 9.95. The summed E-state index contributed by atoms with van der Waals surface area (Å²) < 4.78 is 21.7. The number of anilines is 1. The van der Waals surface area contributed by atoms with Crippen molar-refractivity contribution in [3.63, 3.8) is 0 Å². The van der Waals surface area contributed by atoms with Crippen LogP contribution in [0, 0.1) is 5.82 Å². The highest BCUT2D eigenvalue weighted by molar-refractivity contribution is 6.10. The van der Waals surface area contributed by atoms with E-state index in [1.54, 1.807) is 16.9 Å². The topological polar surface area (TPSA) is 94.0 Å². The summed E-state index contributed by atoms with van der Waals surface area (Å²) in [6.45, 7) is 0.653. The third-order valence-corrected chi connectivity index (χ3v) is 6.14. The maximum absolute atomic E-state index is 14.6. The number of amides is 1. The van der Waals surface area contributed by atoms with Crippen molar-refractivity contribution >= 4 is 22.5 Å². The Bertz CT molecular complexity index is 1610. The Balaban J connectivity index is 1.58. The number of hydrogen-bond acceptors (Lipinski definition) is 6. The van der Waals surface area contributed by atoms with E-state index in [2.05, 4.69) is 25.7 Å². The van der Waals surface area contributed by atoms with Crippen LogP contribution < -0.4 is 15.4 Å². The van der Waals surface area contributed by atoms with Crippen LogP contribution in [0.5, 0.6) is 5.75 Å². The van der Waals surface area contributed by atoms with Gasteiger partial charge in [0.15, 0.2) is 5.82 Å². The van der Waals surface area contributed by atoms with Crippen LogP contribution in [0.2, 0.25) is 0 Å². The van der Waals surface area contributed by atoms with Crippen LogP contribution in [-0.2, 0) is 13.6 Å². The fourth-order valence-corrected chi connectivity index (χ4v) is 4.41. The van der Waals surface area contributed by atoms with E-state index in [1.807, 2.05) is 50.5 Å². The highest BCUT2D eigenvalue weighted by Gasteiger charge is 2.20. The first-order valence-corrected chi connectivity index (χ1v) is 11.7. The predicted octanol–water partition coefficient (Wildman–Crippen LogP) is 4.82. The maximum Gasteiger partial charge on any atom is 0.274 e. The summed E-state index contributed by atoms with van der Waals surface area (Å²) in [4.78, 5) is 21.9. The normalized spacial score (nSPS) is 11.0. The zero-order chi connectivity index (χ0) is 25.9. The fourth-order valence-electron chi connectivity index (χ4n) is 4.41. The molecule has 0 saturated carbocycles. The molecule has 0 spiro atoms. The molecule has 0 aliphatic carbocycles. The van der Waals surface area contributed by atoms with Gasteiger partial charge in [0.1, 0.15) is 17.3 Å². The second-order valence-corrected chi connectivity index (χ2v) is 8.41. The van der Waals surface area contributed by atoms with E-state index in [0.29, 0.717) is 12.2 Å². The molecule has 8 nitrogen and oxygen atoms in total. The van der Waals surface area contributed by atoms with Crippen molar-refractivity contribution in [3.05, 3.63) is 90.1 Å². The van der Waals surface area contributed by atoms with Gasteiger partial charge >= 0.3 is 0 Å². The summed E-state index contributed by atoms with van der Waals surface area (Å²) in [6, 6.07) is 17.7. The molecule has 0 fully saturated rings. The largest absolute Gasteiger partial charge is 0.496 e. The van der Waals surface area contributed by atoms with Gasteiger partial charge in [-0.25, -0.2) is 14.4 Å². The number of hydrogen-bond donors (Lipinski definition) is 2. The summed E-state index contributed by atoms with van der Waals surface area (Å²) in [6.07, 6.45) is 3.22. The number of benzene rings is 3. The van der Waals surface area contributed by atoms with E-state index >= 15 is 0 Å². The van der Waals surface area contributed by atoms with E-state index in [9.17, 15) is 9.18 Å². The number of nitrogens with one attached hydrogen (secondary N) is 2. The van der Waals surface area contributed by atoms with Crippen LogP contribution in [-0.4, -0.2) is 39.8 Å². The minimum atomic E-state index is -0.539. The van der Waals surface area contributed by atoms with Gasteiger partial charge in [0.05, 0.1) is 24.4 Å². The molecule has 0 aliphatic rings. The van der Waals surface area contributed by atoms with Gasteiger partial charge in [0.25, 0.3) is 5.91 Å². The average Bonchev–Trinajstić information content (AvgIpc) is 3.29. The number of ether oxygens (including phenoxy) is 1. The van der Waals surface area contributed by atoms with Crippen LogP contribution >= 0.6 is 0 Å². The van der Waals surface area contributed by atoms with E-state index in [-0.39, 0.29) is 22.8 Å². The maximum atomic E-state index is 14.6. The number of nitrogens with zero attached hydrogens (tertiary/aromatic N) is 4. The first-order chi connectivity index (χ1) is 18.0. The van der Waals surface area contributed by atoms with E-state index in [4.69, 9.17) is 4.74 Å². The highest BCUT2D eigenvalue weighted by Crippen LogP contribution is 2.38. The first-order valence-electron chi connectivity index (χ1n) is 11.7. The Kier molecular flexibility index (Phi) is 6.61. The molecule has 0 bridgehead atoms. The Morgan fingerprint density at radius 1 is 1.05 bits per heavy atom. The molecule has 0 aliphatic heterocycles. The van der Waals surface area contributed by atoms with Crippen LogP contribution in [0.1, 0.15) is 16.1 Å². The fraction of sp³-hybridized carbons (Fsp3) is 0.143. The monoisotopic (exact) mass is 496 g/mol. The van der Waals surface area contributed by atoms with Gasteiger partial charge in [-0.05, 0) is 48.5 Å². The second kappa shape index (κ2) is 10.2. The molecule has 0 unspecified atom stereocenters. The number of carbonyl (C=O) groups is 1. The minimum absolute atomic E-state index is 0.0601. The van der Waals surface area contributed by atoms with Crippen LogP contribution in [0.4, 0.5) is 10.1 Å². The lowest BCUT2D eigenvalue weighted by Gasteiger charge is -2.16. The summed E-state index contributed by atoms with van der Waals surface area (Å²) in [7, 11) is 5.21. The zero-order valence-corrected chi connectivity index (χ0v) is 20.6. The van der Waals surface area contributed by atoms with Gasteiger partial charge in [-0.2, -0.15) is 5.10 Å². The van der Waals surface area contributed by atoms with Crippen molar-refractivity contribution < 1.29 is 13.9 Å². The van der Waals surface area contributed by atoms with Crippen molar-refractivity contribution in [2.45, 2.75) is 6.54 Å². The van der Waals surface area contributed by atoms with Crippen molar-refractivity contribution in [3.8, 4) is 28.3 Å². The van der Waals surface area contributed by atoms with Gasteiger partial charge in [-0.15, -0.1) is 0 Å². The Hall–Kier alpha value is -4.63. The lowest BCUT2D eigenvalue weighted by molar-refractivity contribution is 0.102. The molecule has 0 atom stereocenters. The SMILES string of the molecule is CNCc1ccccc1-c1c(NC(=O)c2ccnc(-c3c(F)cccc3OC)n2)ccc2c1cnn2C. The van der Waals surface area contributed by atoms with Crippen LogP contribution in [0.3, 0.4) is 0 Å². The molecule has 3 aromatic carbocycles. The quantitative estimate of drug-likeness (QED) is 0.336. The van der Waals surface area contributed by atoms with Crippen molar-refractivity contribution in [2.24, 2.45) is 7.05 Å². The van der Waals surface area contributed by atoms with Crippen molar-refractivity contribution in [2.75, 3.05) is 19.5 Å². The second-order valence-electron chi connectivity index (χ2n) is 8.41. The molecule has 5 rings (SSSR count). The molecule has 2 aromatic heterocycles. The average molecular weight is 497 g/mol. The smallest absolute Gasteiger partial charge is 0.274 e. The van der Waals surface area contributed by atoms with E-state index < -0.39 is 11.7 Å². The summed E-state index contributed by atoms with van der Waals surface area (Å²) in [5, 5.41) is 11.5. The van der Waals surface area contributed by atoms with Gasteiger partial charge in [0.2, 0.25) is 0 Å². The standard InChI is InChI=1S/C28H25FN6O2/c1-30-15-17-7-4-5-8-18(17)25-19-16-32-35(2)23(19)12-11-21(25)34-28(36)22-13-14-31-27(33-22)26-20(29)9-6-10-24(26)37-3/h4-14,16,30H,15H2,1-3H3,(H,34,36). The van der Waals surface area contributed by atoms with Gasteiger partial charge in [0, 0.05) is 36.4 Å². The number of aryl methyl sites for hydroxylation is 1. The van der Waals surface area contributed by atoms with Crippen molar-refractivity contribution in [1.82, 2.24) is 25.1 Å². The number of methoxy groups -OCH3 is 1. The number of fused-ring (bicyclic) bond motifs is 1. The molecular weight excluding hydrogens is 471 g/mol. The van der Waals surface area contributed by atoms with Gasteiger partial charge < -0.3 is 15.4 Å². The number of rotatable bonds is 7. The van der Waals surface area contributed by atoms with E-state index in [0.717, 1.165) is 27.6 Å². The minimum Gasteiger partial charge on any atom is -0.496 e. The van der Waals surface area contributed by atoms with Crippen molar-refractivity contribution in [1.29, 1.82) is 0 Å². The highest BCUT2D eigenvalue weighted by atomic mass is 19.1. The molecule has 0 radical (unpaired) electrons. The Morgan fingerprint density at radius 3 is 2.70 bits per heavy atom. The molecule has 2 N–H and O–H groups in total. The molecular formula is C28H25FN6O2. The third kappa shape index (κ3) is 4.52. The van der Waals surface area contributed by atoms with Crippen LogP contribution in [0.25, 0.3) is 33.4 Å². The third-order valence-electron chi connectivity index (χ3n) is 6.14. The molecule has 9 heteroatoms. The number of carbonyl (C=O) groups excluding carboxylic acids is 1. The zero-order valence-electron chi connectivity index (χ0n) is 20.6.